The minimum Gasteiger partial charge on any atom is -0.351 e. The Bertz CT molecular complexity index is 649. The number of amides is 1. The van der Waals surface area contributed by atoms with Crippen molar-refractivity contribution in [1.29, 1.82) is 0 Å². The average Bonchev–Trinajstić information content (AvgIpc) is 2.90. The monoisotopic (exact) mass is 318 g/mol. The summed E-state index contributed by atoms with van der Waals surface area (Å²) >= 11 is 1.61. The summed E-state index contributed by atoms with van der Waals surface area (Å²) in [6, 6.07) is 4.37. The number of hydrogen-bond donors (Lipinski definition) is 2. The number of aryl methyl sites for hydroxylation is 1. The van der Waals surface area contributed by atoms with Crippen LogP contribution in [0.25, 0.3) is 5.65 Å². The van der Waals surface area contributed by atoms with E-state index in [9.17, 15) is 4.79 Å². The van der Waals surface area contributed by atoms with Crippen LogP contribution >= 0.6 is 11.8 Å². The first-order valence-electron chi connectivity index (χ1n) is 7.73. The van der Waals surface area contributed by atoms with Gasteiger partial charge in [-0.2, -0.15) is 0 Å². The second kappa shape index (κ2) is 7.15. The largest absolute Gasteiger partial charge is 0.351 e. The lowest BCUT2D eigenvalue weighted by molar-refractivity contribution is -0.119. The Labute approximate surface area is 134 Å². The predicted molar refractivity (Wildman–Crippen MR) is 90.1 cm³/mol. The molecule has 1 saturated heterocycles. The molecular weight excluding hydrogens is 296 g/mol. The third-order valence-corrected chi connectivity index (χ3v) is 4.76. The second-order valence-electron chi connectivity index (χ2n) is 5.81. The molecule has 3 heterocycles. The van der Waals surface area contributed by atoms with Crippen LogP contribution < -0.4 is 10.6 Å². The lowest BCUT2D eigenvalue weighted by Gasteiger charge is -2.23. The maximum absolute atomic E-state index is 11.9. The smallest absolute Gasteiger partial charge is 0.230 e. The maximum atomic E-state index is 11.9. The number of piperidine rings is 1. The molecule has 1 atom stereocenters. The first-order chi connectivity index (χ1) is 10.7. The number of nitrogens with one attached hydrogen (secondary N) is 2. The number of carbonyl (C=O) groups is 1. The zero-order chi connectivity index (χ0) is 15.4. The zero-order valence-electron chi connectivity index (χ0n) is 12.8. The highest BCUT2D eigenvalue weighted by molar-refractivity contribution is 7.99. The molecule has 6 heteroatoms. The van der Waals surface area contributed by atoms with Crippen LogP contribution in [0.5, 0.6) is 0 Å². The van der Waals surface area contributed by atoms with Gasteiger partial charge in [0.05, 0.1) is 11.4 Å². The third-order valence-electron chi connectivity index (χ3n) is 3.79. The van der Waals surface area contributed by atoms with E-state index >= 15 is 0 Å². The highest BCUT2D eigenvalue weighted by atomic mass is 32.2. The fourth-order valence-electron chi connectivity index (χ4n) is 2.72. The van der Waals surface area contributed by atoms with Gasteiger partial charge in [-0.15, -0.1) is 11.8 Å². The molecule has 0 bridgehead atoms. The Balaban J connectivity index is 1.46. The van der Waals surface area contributed by atoms with Crippen molar-refractivity contribution in [2.45, 2.75) is 31.6 Å². The normalized spacial score (nSPS) is 18.5. The van der Waals surface area contributed by atoms with Crippen LogP contribution in [0.4, 0.5) is 0 Å². The number of hydrogen-bond acceptors (Lipinski definition) is 4. The number of pyridine rings is 1. The molecular formula is C16H22N4OS. The third kappa shape index (κ3) is 4.01. The summed E-state index contributed by atoms with van der Waals surface area (Å²) in [7, 11) is 0. The van der Waals surface area contributed by atoms with E-state index in [4.69, 9.17) is 0 Å². The van der Waals surface area contributed by atoms with E-state index < -0.39 is 0 Å². The first kappa shape index (κ1) is 15.4. The Morgan fingerprint density at radius 3 is 3.23 bits per heavy atom. The van der Waals surface area contributed by atoms with Crippen molar-refractivity contribution < 1.29 is 4.79 Å². The molecule has 0 aromatic carbocycles. The number of aromatic nitrogens is 2. The fourth-order valence-corrected chi connectivity index (χ4v) is 3.44. The molecule has 0 saturated carbocycles. The molecule has 2 aromatic rings. The minimum absolute atomic E-state index is 0.123. The summed E-state index contributed by atoms with van der Waals surface area (Å²) in [4.78, 5) is 16.5. The standard InChI is InChI=1S/C16H22N4OS/c1-12-4-5-15-18-14(9-20(15)8-12)10-22-11-16(21)19-13-3-2-6-17-7-13/h4-5,8-9,13,17H,2-3,6-7,10-11H2,1H3,(H,19,21)/t13-/m0/s1. The summed E-state index contributed by atoms with van der Waals surface area (Å²) in [6.45, 7) is 4.02. The lowest BCUT2D eigenvalue weighted by atomic mass is 10.1. The molecule has 0 radical (unpaired) electrons. The minimum atomic E-state index is 0.123. The van der Waals surface area contributed by atoms with E-state index in [0.29, 0.717) is 11.8 Å². The Morgan fingerprint density at radius 1 is 1.50 bits per heavy atom. The molecule has 118 valence electrons. The molecule has 0 aliphatic carbocycles. The highest BCUT2D eigenvalue weighted by Gasteiger charge is 2.15. The van der Waals surface area contributed by atoms with Crippen molar-refractivity contribution >= 4 is 23.3 Å². The van der Waals surface area contributed by atoms with Crippen molar-refractivity contribution in [3.8, 4) is 0 Å². The number of rotatable bonds is 5. The molecule has 0 unspecified atom stereocenters. The van der Waals surface area contributed by atoms with Gasteiger partial charge in [0.15, 0.2) is 0 Å². The maximum Gasteiger partial charge on any atom is 0.230 e. The fraction of sp³-hybridized carbons (Fsp3) is 0.500. The Morgan fingerprint density at radius 2 is 2.41 bits per heavy atom. The summed E-state index contributed by atoms with van der Waals surface area (Å²) in [5, 5.41) is 6.40. The average molecular weight is 318 g/mol. The van der Waals surface area contributed by atoms with Crippen molar-refractivity contribution in [2.75, 3.05) is 18.8 Å². The summed E-state index contributed by atoms with van der Waals surface area (Å²) in [6.07, 6.45) is 6.32. The lowest BCUT2D eigenvalue weighted by Crippen LogP contribution is -2.46. The number of nitrogens with zero attached hydrogens (tertiary/aromatic N) is 2. The Kier molecular flexibility index (Phi) is 5.00. The number of thioether (sulfide) groups is 1. The van der Waals surface area contributed by atoms with Gasteiger partial charge in [0.25, 0.3) is 0 Å². The van der Waals surface area contributed by atoms with Crippen LogP contribution in [-0.4, -0.2) is 40.2 Å². The summed E-state index contributed by atoms with van der Waals surface area (Å²) < 4.78 is 2.04. The van der Waals surface area contributed by atoms with Crippen molar-refractivity contribution in [3.63, 3.8) is 0 Å². The van der Waals surface area contributed by atoms with Gasteiger partial charge >= 0.3 is 0 Å². The quantitative estimate of drug-likeness (QED) is 0.882. The van der Waals surface area contributed by atoms with E-state index in [1.807, 2.05) is 16.7 Å². The van der Waals surface area contributed by atoms with Crippen LogP contribution in [0.1, 0.15) is 24.1 Å². The summed E-state index contributed by atoms with van der Waals surface area (Å²) in [5.41, 5.74) is 3.19. The molecule has 22 heavy (non-hydrogen) atoms. The molecule has 1 aliphatic rings. The van der Waals surface area contributed by atoms with Crippen LogP contribution in [0.15, 0.2) is 24.5 Å². The van der Waals surface area contributed by atoms with Crippen LogP contribution in [0.3, 0.4) is 0 Å². The predicted octanol–water partition coefficient (Wildman–Crippen LogP) is 1.74. The molecule has 3 rings (SSSR count). The van der Waals surface area contributed by atoms with Crippen molar-refractivity contribution in [3.05, 3.63) is 35.8 Å². The van der Waals surface area contributed by atoms with Gasteiger partial charge in [-0.1, -0.05) is 6.07 Å². The van der Waals surface area contributed by atoms with E-state index in [1.165, 1.54) is 5.56 Å². The van der Waals surface area contributed by atoms with Crippen LogP contribution in [-0.2, 0) is 10.5 Å². The van der Waals surface area contributed by atoms with E-state index in [0.717, 1.165) is 43.0 Å². The number of carbonyl (C=O) groups excluding carboxylic acids is 1. The van der Waals surface area contributed by atoms with Gasteiger partial charge < -0.3 is 15.0 Å². The van der Waals surface area contributed by atoms with Crippen molar-refractivity contribution in [1.82, 2.24) is 20.0 Å². The van der Waals surface area contributed by atoms with Gasteiger partial charge in [0, 0.05) is 30.7 Å². The molecule has 2 N–H and O–H groups in total. The van der Waals surface area contributed by atoms with Gasteiger partial charge in [-0.05, 0) is 37.9 Å². The van der Waals surface area contributed by atoms with Crippen molar-refractivity contribution in [2.24, 2.45) is 0 Å². The topological polar surface area (TPSA) is 58.4 Å². The molecule has 5 nitrogen and oxygen atoms in total. The molecule has 1 aliphatic heterocycles. The number of imidazole rings is 1. The molecule has 1 amide bonds. The molecule has 1 fully saturated rings. The van der Waals surface area contributed by atoms with Crippen LogP contribution in [0, 0.1) is 6.92 Å². The highest BCUT2D eigenvalue weighted by Crippen LogP contribution is 2.14. The second-order valence-corrected chi connectivity index (χ2v) is 6.79. The van der Waals surface area contributed by atoms with Gasteiger partial charge in [0.1, 0.15) is 5.65 Å². The molecule has 0 spiro atoms. The SMILES string of the molecule is Cc1ccc2nc(CSCC(=O)N[C@H]3CCCNC3)cn2c1. The van der Waals surface area contributed by atoms with Crippen LogP contribution in [0.2, 0.25) is 0 Å². The van der Waals surface area contributed by atoms with E-state index in [2.05, 4.69) is 34.8 Å². The number of fused-ring (bicyclic) bond motifs is 1. The first-order valence-corrected chi connectivity index (χ1v) is 8.88. The van der Waals surface area contributed by atoms with Gasteiger partial charge in [-0.25, -0.2) is 4.98 Å². The van der Waals surface area contributed by atoms with Gasteiger partial charge in [0.2, 0.25) is 5.91 Å². The van der Waals surface area contributed by atoms with E-state index in [-0.39, 0.29) is 5.91 Å². The zero-order valence-corrected chi connectivity index (χ0v) is 13.7. The molecule has 2 aromatic heterocycles. The Hall–Kier alpha value is -1.53. The van der Waals surface area contributed by atoms with E-state index in [1.54, 1.807) is 11.8 Å². The summed E-state index contributed by atoms with van der Waals surface area (Å²) in [5.74, 6) is 1.37. The van der Waals surface area contributed by atoms with Gasteiger partial charge in [-0.3, -0.25) is 4.79 Å².